The normalized spacial score (nSPS) is 19.3. The van der Waals surface area contributed by atoms with Crippen molar-refractivity contribution in [1.29, 1.82) is 0 Å². The van der Waals surface area contributed by atoms with Gasteiger partial charge in [0.25, 0.3) is 0 Å². The molecule has 0 aromatic heterocycles. The maximum Gasteiger partial charge on any atom is 0.125 e. The maximum absolute atomic E-state index is 6.54. The van der Waals surface area contributed by atoms with Crippen molar-refractivity contribution in [3.63, 3.8) is 0 Å². The smallest absolute Gasteiger partial charge is 0.125 e. The van der Waals surface area contributed by atoms with Gasteiger partial charge >= 0.3 is 0 Å². The van der Waals surface area contributed by atoms with E-state index in [4.69, 9.17) is 9.47 Å². The molecule has 4 nitrogen and oxygen atoms in total. The molecule has 202 valence electrons. The van der Waals surface area contributed by atoms with Gasteiger partial charge in [0.2, 0.25) is 0 Å². The third kappa shape index (κ3) is 5.54. The third-order valence-electron chi connectivity index (χ3n) is 8.08. The minimum Gasteiger partial charge on any atom is -0.492 e. The number of ether oxygens (including phenoxy) is 2. The third-order valence-corrected chi connectivity index (χ3v) is 8.08. The van der Waals surface area contributed by atoms with Crippen molar-refractivity contribution < 1.29 is 9.47 Å². The number of nitrogens with one attached hydrogen (secondary N) is 2. The summed E-state index contributed by atoms with van der Waals surface area (Å²) in [5.41, 5.74) is 6.46. The number of benzene rings is 4. The predicted octanol–water partition coefficient (Wildman–Crippen LogP) is 8.59. The Balaban J connectivity index is 1.26. The molecular formula is C36H36N2O2. The summed E-state index contributed by atoms with van der Waals surface area (Å²) in [7, 11) is 0. The Hall–Kier alpha value is -4.28. The summed E-state index contributed by atoms with van der Waals surface area (Å²) in [6.45, 7) is 4.42. The van der Waals surface area contributed by atoms with Crippen LogP contribution in [0.1, 0.15) is 30.9 Å². The Labute approximate surface area is 237 Å². The molecule has 0 bridgehead atoms. The van der Waals surface area contributed by atoms with Crippen molar-refractivity contribution in [2.45, 2.75) is 25.3 Å². The van der Waals surface area contributed by atoms with Gasteiger partial charge in [-0.1, -0.05) is 91.9 Å². The molecular weight excluding hydrogens is 492 g/mol. The van der Waals surface area contributed by atoms with Crippen LogP contribution in [0.4, 0.5) is 17.1 Å². The zero-order valence-corrected chi connectivity index (χ0v) is 23.0. The lowest BCUT2D eigenvalue weighted by molar-refractivity contribution is -0.133. The van der Waals surface area contributed by atoms with Crippen molar-refractivity contribution in [1.82, 2.24) is 0 Å². The van der Waals surface area contributed by atoms with E-state index in [1.807, 2.05) is 24.3 Å². The first kappa shape index (κ1) is 26.0. The van der Waals surface area contributed by atoms with Crippen molar-refractivity contribution in [2.24, 2.45) is 5.41 Å². The van der Waals surface area contributed by atoms with Gasteiger partial charge in [0, 0.05) is 22.6 Å². The van der Waals surface area contributed by atoms with Gasteiger partial charge in [0.15, 0.2) is 0 Å². The van der Waals surface area contributed by atoms with Crippen molar-refractivity contribution in [3.8, 4) is 5.75 Å². The van der Waals surface area contributed by atoms with Crippen LogP contribution in [0.5, 0.6) is 5.75 Å². The van der Waals surface area contributed by atoms with Crippen LogP contribution in [0, 0.1) is 5.41 Å². The molecule has 4 heteroatoms. The van der Waals surface area contributed by atoms with E-state index in [0.29, 0.717) is 6.61 Å². The van der Waals surface area contributed by atoms with E-state index in [1.165, 1.54) is 11.1 Å². The number of para-hydroxylation sites is 3. The molecule has 4 aromatic rings. The molecule has 1 aliphatic carbocycles. The van der Waals surface area contributed by atoms with Gasteiger partial charge in [-0.05, 0) is 66.4 Å². The highest BCUT2D eigenvalue weighted by Crippen LogP contribution is 2.42. The molecule has 0 amide bonds. The average molecular weight is 529 g/mol. The Bertz CT molecular complexity index is 1470. The minimum absolute atomic E-state index is 0.115. The quantitative estimate of drug-likeness (QED) is 0.216. The molecule has 0 spiro atoms. The van der Waals surface area contributed by atoms with Crippen molar-refractivity contribution in [2.75, 3.05) is 30.5 Å². The lowest BCUT2D eigenvalue weighted by atomic mass is 9.80. The van der Waals surface area contributed by atoms with E-state index in [9.17, 15) is 0 Å². The first-order valence-electron chi connectivity index (χ1n) is 14.1. The number of allylic oxidation sites excluding steroid dienone is 2. The van der Waals surface area contributed by atoms with Crippen molar-refractivity contribution >= 4 is 22.6 Å². The molecule has 1 heterocycles. The Morgan fingerprint density at radius 3 is 2.02 bits per heavy atom. The topological polar surface area (TPSA) is 42.5 Å². The van der Waals surface area contributed by atoms with Gasteiger partial charge in [-0.25, -0.2) is 0 Å². The SMILES string of the molecule is CCC1(COc2ccccc2C2(Nc3ccccc3)C=CC(c3ccc(Nc4ccccc4)cc3)=CC2)COC1. The van der Waals surface area contributed by atoms with Crippen LogP contribution in [0.3, 0.4) is 0 Å². The summed E-state index contributed by atoms with van der Waals surface area (Å²) in [6.07, 6.45) is 8.72. The van der Waals surface area contributed by atoms with E-state index >= 15 is 0 Å². The minimum atomic E-state index is -0.439. The fraction of sp³-hybridized carbons (Fsp3) is 0.222. The van der Waals surface area contributed by atoms with Crippen LogP contribution in [0.15, 0.2) is 127 Å². The summed E-state index contributed by atoms with van der Waals surface area (Å²) >= 11 is 0. The van der Waals surface area contributed by atoms with E-state index in [0.717, 1.165) is 54.4 Å². The lowest BCUT2D eigenvalue weighted by Gasteiger charge is -2.41. The largest absolute Gasteiger partial charge is 0.492 e. The van der Waals surface area contributed by atoms with E-state index in [-0.39, 0.29) is 5.41 Å². The van der Waals surface area contributed by atoms with Crippen LogP contribution in [0.25, 0.3) is 5.57 Å². The standard InChI is InChI=1S/C36H36N2O2/c1-2-35(25-39-26-35)27-40-34-16-10-9-15-33(34)36(38-32-13-7-4-8-14-32)23-21-29(22-24-36)28-17-19-31(20-18-28)37-30-11-5-3-6-12-30/h3-23,37-38H,2,24-27H2,1H3. The highest BCUT2D eigenvalue weighted by atomic mass is 16.5. The average Bonchev–Trinajstić information content (AvgIpc) is 2.99. The predicted molar refractivity (Wildman–Crippen MR) is 165 cm³/mol. The first-order valence-corrected chi connectivity index (χ1v) is 14.1. The molecule has 0 saturated carbocycles. The summed E-state index contributed by atoms with van der Waals surface area (Å²) in [5, 5.41) is 7.32. The van der Waals surface area contributed by atoms with Crippen LogP contribution in [0.2, 0.25) is 0 Å². The Morgan fingerprint density at radius 2 is 1.40 bits per heavy atom. The second kappa shape index (κ2) is 11.4. The molecule has 6 rings (SSSR count). The molecule has 2 aliphatic rings. The highest BCUT2D eigenvalue weighted by Gasteiger charge is 2.39. The Kier molecular flexibility index (Phi) is 7.43. The molecule has 0 radical (unpaired) electrons. The number of hydrogen-bond acceptors (Lipinski definition) is 4. The summed E-state index contributed by atoms with van der Waals surface area (Å²) < 4.78 is 12.1. The summed E-state index contributed by atoms with van der Waals surface area (Å²) in [4.78, 5) is 0. The zero-order chi connectivity index (χ0) is 27.3. The summed E-state index contributed by atoms with van der Waals surface area (Å²) in [6, 6.07) is 37.8. The van der Waals surface area contributed by atoms with Gasteiger partial charge in [-0.15, -0.1) is 0 Å². The molecule has 1 unspecified atom stereocenters. The van der Waals surface area contributed by atoms with E-state index < -0.39 is 5.54 Å². The second-order valence-electron chi connectivity index (χ2n) is 10.9. The van der Waals surface area contributed by atoms with Gasteiger partial charge in [-0.2, -0.15) is 0 Å². The summed E-state index contributed by atoms with van der Waals surface area (Å²) in [5.74, 6) is 0.920. The van der Waals surface area contributed by atoms with E-state index in [1.54, 1.807) is 0 Å². The molecule has 1 fully saturated rings. The molecule has 40 heavy (non-hydrogen) atoms. The molecule has 1 saturated heterocycles. The number of hydrogen-bond donors (Lipinski definition) is 2. The second-order valence-corrected chi connectivity index (χ2v) is 10.9. The van der Waals surface area contributed by atoms with E-state index in [2.05, 4.69) is 121 Å². The monoisotopic (exact) mass is 528 g/mol. The fourth-order valence-electron chi connectivity index (χ4n) is 5.40. The Morgan fingerprint density at radius 1 is 0.750 bits per heavy atom. The van der Waals surface area contributed by atoms with Gasteiger partial charge in [0.05, 0.1) is 30.8 Å². The molecule has 1 atom stereocenters. The van der Waals surface area contributed by atoms with Gasteiger partial charge in [-0.3, -0.25) is 0 Å². The van der Waals surface area contributed by atoms with Gasteiger partial charge < -0.3 is 20.1 Å². The highest BCUT2D eigenvalue weighted by molar-refractivity contribution is 5.78. The number of anilines is 3. The lowest BCUT2D eigenvalue weighted by Crippen LogP contribution is -2.46. The molecule has 2 N–H and O–H groups in total. The van der Waals surface area contributed by atoms with Gasteiger partial charge in [0.1, 0.15) is 5.75 Å². The van der Waals surface area contributed by atoms with Crippen LogP contribution < -0.4 is 15.4 Å². The molecule has 4 aromatic carbocycles. The fourth-order valence-corrected chi connectivity index (χ4v) is 5.40. The molecule has 1 aliphatic heterocycles. The van der Waals surface area contributed by atoms with Crippen LogP contribution in [-0.4, -0.2) is 19.8 Å². The zero-order valence-electron chi connectivity index (χ0n) is 23.0. The van der Waals surface area contributed by atoms with Crippen molar-refractivity contribution in [3.05, 3.63) is 139 Å². The first-order chi connectivity index (χ1) is 19.7. The van der Waals surface area contributed by atoms with Crippen LogP contribution in [-0.2, 0) is 10.3 Å². The van der Waals surface area contributed by atoms with Crippen LogP contribution >= 0.6 is 0 Å². The number of rotatable bonds is 10. The maximum atomic E-state index is 6.54.